The van der Waals surface area contributed by atoms with Gasteiger partial charge < -0.3 is 9.73 Å². The van der Waals surface area contributed by atoms with E-state index in [0.717, 1.165) is 34.3 Å². The van der Waals surface area contributed by atoms with E-state index < -0.39 is 0 Å². The van der Waals surface area contributed by atoms with Gasteiger partial charge in [-0.05, 0) is 85.6 Å². The van der Waals surface area contributed by atoms with Crippen LogP contribution in [0.4, 0.5) is 5.69 Å². The lowest BCUT2D eigenvalue weighted by atomic mass is 9.98. The van der Waals surface area contributed by atoms with Gasteiger partial charge >= 0.3 is 0 Å². The third kappa shape index (κ3) is 4.86. The summed E-state index contributed by atoms with van der Waals surface area (Å²) in [7, 11) is 0. The van der Waals surface area contributed by atoms with E-state index in [1.807, 2.05) is 55.5 Å². The van der Waals surface area contributed by atoms with Gasteiger partial charge in [0, 0.05) is 16.8 Å². The average molecular weight is 444 g/mol. The fourth-order valence-corrected chi connectivity index (χ4v) is 3.64. The minimum Gasteiger partial charge on any atom is -0.436 e. The van der Waals surface area contributed by atoms with Gasteiger partial charge in [0.25, 0.3) is 5.91 Å². The number of aromatic nitrogens is 1. The Morgan fingerprint density at radius 3 is 2.59 bits per heavy atom. The second kappa shape index (κ2) is 9.32. The van der Waals surface area contributed by atoms with Gasteiger partial charge in [0.15, 0.2) is 10.7 Å². The number of anilines is 1. The van der Waals surface area contributed by atoms with Gasteiger partial charge in [-0.15, -0.1) is 0 Å². The van der Waals surface area contributed by atoms with E-state index in [1.165, 1.54) is 5.56 Å². The van der Waals surface area contributed by atoms with Crippen molar-refractivity contribution in [3.8, 4) is 11.5 Å². The van der Waals surface area contributed by atoms with Crippen LogP contribution in [-0.4, -0.2) is 16.0 Å². The molecule has 6 heteroatoms. The molecule has 32 heavy (non-hydrogen) atoms. The molecule has 1 heterocycles. The SMILES string of the molecule is CCC(C)c1ccc2oc(-c3ccc(NC(=S)NC(=O)c4cccc(C)c4)cc3)nc2c1. The van der Waals surface area contributed by atoms with E-state index >= 15 is 0 Å². The molecule has 1 unspecified atom stereocenters. The van der Waals surface area contributed by atoms with Crippen molar-refractivity contribution < 1.29 is 9.21 Å². The lowest BCUT2D eigenvalue weighted by Crippen LogP contribution is -2.34. The number of carbonyl (C=O) groups excluding carboxylic acids is 1. The van der Waals surface area contributed by atoms with E-state index in [0.29, 0.717) is 17.4 Å². The molecule has 5 nitrogen and oxygen atoms in total. The van der Waals surface area contributed by atoms with Crippen LogP contribution in [0.15, 0.2) is 71.1 Å². The van der Waals surface area contributed by atoms with Crippen LogP contribution < -0.4 is 10.6 Å². The van der Waals surface area contributed by atoms with Gasteiger partial charge in [0.2, 0.25) is 5.89 Å². The molecule has 1 amide bonds. The highest BCUT2D eigenvalue weighted by Crippen LogP contribution is 2.28. The van der Waals surface area contributed by atoms with E-state index in [4.69, 9.17) is 16.6 Å². The van der Waals surface area contributed by atoms with Crippen LogP contribution in [0, 0.1) is 6.92 Å². The van der Waals surface area contributed by atoms with Crippen molar-refractivity contribution in [2.45, 2.75) is 33.1 Å². The number of fused-ring (bicyclic) bond motifs is 1. The standard InChI is InChI=1S/C26H25N3O2S/c1-4-17(3)19-10-13-23-22(15-19)28-25(31-23)18-8-11-21(12-9-18)27-26(32)29-24(30)20-7-5-6-16(2)14-20/h5-15,17H,4H2,1-3H3,(H2,27,29,30,32). The molecule has 1 aromatic heterocycles. The zero-order chi connectivity index (χ0) is 22.7. The number of aryl methyl sites for hydroxylation is 1. The van der Waals surface area contributed by atoms with Crippen LogP contribution in [0.25, 0.3) is 22.6 Å². The molecule has 0 spiro atoms. The zero-order valence-electron chi connectivity index (χ0n) is 18.3. The Morgan fingerprint density at radius 1 is 1.09 bits per heavy atom. The third-order valence-electron chi connectivity index (χ3n) is 5.49. The van der Waals surface area contributed by atoms with Gasteiger partial charge in [-0.25, -0.2) is 4.98 Å². The Hall–Kier alpha value is -3.51. The first-order chi connectivity index (χ1) is 15.4. The lowest BCUT2D eigenvalue weighted by Gasteiger charge is -2.10. The zero-order valence-corrected chi connectivity index (χ0v) is 19.1. The van der Waals surface area contributed by atoms with Crippen molar-refractivity contribution in [3.63, 3.8) is 0 Å². The second-order valence-electron chi connectivity index (χ2n) is 7.91. The fourth-order valence-electron chi connectivity index (χ4n) is 3.43. The first-order valence-corrected chi connectivity index (χ1v) is 11.0. The topological polar surface area (TPSA) is 67.2 Å². The Bertz CT molecular complexity index is 1280. The fraction of sp³-hybridized carbons (Fsp3) is 0.192. The molecule has 0 saturated heterocycles. The van der Waals surface area contributed by atoms with Crippen LogP contribution in [0.5, 0.6) is 0 Å². The largest absolute Gasteiger partial charge is 0.436 e. The van der Waals surface area contributed by atoms with Gasteiger partial charge in [-0.3, -0.25) is 10.1 Å². The number of rotatable bonds is 5. The second-order valence-corrected chi connectivity index (χ2v) is 8.32. The van der Waals surface area contributed by atoms with Crippen LogP contribution in [-0.2, 0) is 0 Å². The summed E-state index contributed by atoms with van der Waals surface area (Å²) in [6.07, 6.45) is 1.08. The number of hydrogen-bond donors (Lipinski definition) is 2. The van der Waals surface area contributed by atoms with Gasteiger partial charge in [-0.2, -0.15) is 0 Å². The molecule has 0 aliphatic heterocycles. The Morgan fingerprint density at radius 2 is 1.88 bits per heavy atom. The quantitative estimate of drug-likeness (QED) is 0.347. The molecule has 0 bridgehead atoms. The molecule has 2 N–H and O–H groups in total. The number of thiocarbonyl (C=S) groups is 1. The van der Waals surface area contributed by atoms with Crippen molar-refractivity contribution in [1.82, 2.24) is 10.3 Å². The smallest absolute Gasteiger partial charge is 0.257 e. The molecule has 4 aromatic rings. The van der Waals surface area contributed by atoms with Crippen molar-refractivity contribution >= 4 is 40.0 Å². The van der Waals surface area contributed by atoms with Crippen LogP contribution >= 0.6 is 12.2 Å². The molecular formula is C26H25N3O2S. The minimum atomic E-state index is -0.244. The Balaban J connectivity index is 1.43. The number of nitrogens with one attached hydrogen (secondary N) is 2. The predicted molar refractivity (Wildman–Crippen MR) is 133 cm³/mol. The number of carbonyl (C=O) groups is 1. The van der Waals surface area contributed by atoms with Gasteiger partial charge in [0.1, 0.15) is 5.52 Å². The maximum absolute atomic E-state index is 12.3. The summed E-state index contributed by atoms with van der Waals surface area (Å²) in [6.45, 7) is 6.33. The molecule has 0 saturated carbocycles. The van der Waals surface area contributed by atoms with Crippen molar-refractivity contribution in [2.75, 3.05) is 5.32 Å². The maximum atomic E-state index is 12.3. The summed E-state index contributed by atoms with van der Waals surface area (Å²) in [5.41, 5.74) is 6.11. The van der Waals surface area contributed by atoms with E-state index in [-0.39, 0.29) is 11.0 Å². The molecule has 162 valence electrons. The van der Waals surface area contributed by atoms with Crippen LogP contribution in [0.1, 0.15) is 47.7 Å². The summed E-state index contributed by atoms with van der Waals surface area (Å²) in [4.78, 5) is 17.0. The van der Waals surface area contributed by atoms with E-state index in [1.54, 1.807) is 6.07 Å². The molecule has 0 aliphatic rings. The normalized spacial score (nSPS) is 11.8. The molecule has 1 atom stereocenters. The average Bonchev–Trinajstić information content (AvgIpc) is 3.22. The van der Waals surface area contributed by atoms with E-state index in [2.05, 4.69) is 41.6 Å². The van der Waals surface area contributed by atoms with Crippen molar-refractivity contribution in [2.24, 2.45) is 0 Å². The molecule has 4 rings (SSSR count). The monoisotopic (exact) mass is 443 g/mol. The lowest BCUT2D eigenvalue weighted by molar-refractivity contribution is 0.0977. The molecule has 0 radical (unpaired) electrons. The molecule has 0 aliphatic carbocycles. The maximum Gasteiger partial charge on any atom is 0.257 e. The Labute approximate surface area is 192 Å². The number of hydrogen-bond acceptors (Lipinski definition) is 4. The predicted octanol–water partition coefficient (Wildman–Crippen LogP) is 6.44. The minimum absolute atomic E-state index is 0.240. The van der Waals surface area contributed by atoms with Gasteiger partial charge in [0.05, 0.1) is 0 Å². The van der Waals surface area contributed by atoms with Crippen molar-refractivity contribution in [1.29, 1.82) is 0 Å². The van der Waals surface area contributed by atoms with Crippen molar-refractivity contribution in [3.05, 3.63) is 83.4 Å². The summed E-state index contributed by atoms with van der Waals surface area (Å²) < 4.78 is 5.94. The summed E-state index contributed by atoms with van der Waals surface area (Å²) in [6, 6.07) is 21.1. The number of amides is 1. The third-order valence-corrected chi connectivity index (χ3v) is 5.69. The molecule has 0 fully saturated rings. The highest BCUT2D eigenvalue weighted by molar-refractivity contribution is 7.80. The number of oxazole rings is 1. The van der Waals surface area contributed by atoms with Crippen LogP contribution in [0.3, 0.4) is 0 Å². The first kappa shape index (κ1) is 21.7. The summed E-state index contributed by atoms with van der Waals surface area (Å²) in [5, 5.41) is 5.98. The van der Waals surface area contributed by atoms with Gasteiger partial charge in [-0.1, -0.05) is 37.6 Å². The highest BCUT2D eigenvalue weighted by atomic mass is 32.1. The Kier molecular flexibility index (Phi) is 6.32. The highest BCUT2D eigenvalue weighted by Gasteiger charge is 2.12. The van der Waals surface area contributed by atoms with Crippen LogP contribution in [0.2, 0.25) is 0 Å². The first-order valence-electron chi connectivity index (χ1n) is 10.6. The van der Waals surface area contributed by atoms with E-state index in [9.17, 15) is 4.79 Å². The molecule has 3 aromatic carbocycles. The number of benzene rings is 3. The summed E-state index contributed by atoms with van der Waals surface area (Å²) >= 11 is 5.28. The number of nitrogens with zero attached hydrogens (tertiary/aromatic N) is 1. The summed E-state index contributed by atoms with van der Waals surface area (Å²) in [5.74, 6) is 0.814. The molecular weight excluding hydrogens is 418 g/mol.